The summed E-state index contributed by atoms with van der Waals surface area (Å²) in [6.45, 7) is 3.66. The van der Waals surface area contributed by atoms with Crippen LogP contribution in [0, 0.1) is 5.21 Å². The fourth-order valence-corrected chi connectivity index (χ4v) is 2.79. The highest BCUT2D eigenvalue weighted by atomic mass is 16.5. The van der Waals surface area contributed by atoms with E-state index in [-0.39, 0.29) is 0 Å². The van der Waals surface area contributed by atoms with Crippen LogP contribution >= 0.6 is 0 Å². The van der Waals surface area contributed by atoms with Gasteiger partial charge in [0.25, 0.3) is 6.17 Å². The van der Waals surface area contributed by atoms with E-state index < -0.39 is 11.7 Å². The molecule has 1 aliphatic heterocycles. The van der Waals surface area contributed by atoms with Gasteiger partial charge in [0.05, 0.1) is 5.56 Å². The average Bonchev–Trinajstić information content (AvgIpc) is 2.67. The van der Waals surface area contributed by atoms with Crippen molar-refractivity contribution in [3.8, 4) is 0 Å². The van der Waals surface area contributed by atoms with Crippen molar-refractivity contribution in [3.05, 3.63) is 71.2 Å². The van der Waals surface area contributed by atoms with Gasteiger partial charge in [0.15, 0.2) is 0 Å². The number of hydrogen-bond acceptors (Lipinski definition) is 4. The van der Waals surface area contributed by atoms with Crippen LogP contribution < -0.4 is 0 Å². The highest BCUT2D eigenvalue weighted by molar-refractivity contribution is 6.04. The molecule has 5 nitrogen and oxygen atoms in total. The zero-order valence-corrected chi connectivity index (χ0v) is 12.0. The Morgan fingerprint density at radius 2 is 1.90 bits per heavy atom. The summed E-state index contributed by atoms with van der Waals surface area (Å²) in [4.78, 5) is 4.03. The number of hydroxylamine groups is 3. The molecule has 0 bridgehead atoms. The van der Waals surface area contributed by atoms with E-state index in [9.17, 15) is 10.4 Å². The van der Waals surface area contributed by atoms with E-state index in [0.29, 0.717) is 11.3 Å². The van der Waals surface area contributed by atoms with Crippen molar-refractivity contribution in [3.63, 3.8) is 0 Å². The lowest BCUT2D eigenvalue weighted by atomic mass is 9.93. The minimum Gasteiger partial charge on any atom is -0.622 e. The molecule has 0 aliphatic carbocycles. The summed E-state index contributed by atoms with van der Waals surface area (Å²) in [5, 5.41) is 24.4. The highest BCUT2D eigenvalue weighted by Gasteiger charge is 2.52. The molecule has 108 valence electrons. The summed E-state index contributed by atoms with van der Waals surface area (Å²) in [6, 6.07) is 13.0. The van der Waals surface area contributed by atoms with Gasteiger partial charge in [-0.25, -0.2) is 0 Å². The van der Waals surface area contributed by atoms with Crippen LogP contribution in [0.25, 0.3) is 0 Å². The molecule has 2 heterocycles. The molecule has 1 aromatic carbocycles. The van der Waals surface area contributed by atoms with Crippen LogP contribution in [0.1, 0.15) is 31.1 Å². The van der Waals surface area contributed by atoms with Gasteiger partial charge >= 0.3 is 0 Å². The van der Waals surface area contributed by atoms with Crippen molar-refractivity contribution in [2.24, 2.45) is 0 Å². The van der Waals surface area contributed by atoms with Crippen molar-refractivity contribution < 1.29 is 9.95 Å². The predicted molar refractivity (Wildman–Crippen MR) is 78.9 cm³/mol. The Balaban J connectivity index is 2.15. The maximum Gasteiger partial charge on any atom is 0.269 e. The van der Waals surface area contributed by atoms with Crippen LogP contribution in [0.5, 0.6) is 0 Å². The monoisotopic (exact) mass is 283 g/mol. The van der Waals surface area contributed by atoms with Crippen LogP contribution in [0.2, 0.25) is 0 Å². The van der Waals surface area contributed by atoms with E-state index in [2.05, 4.69) is 4.98 Å². The maximum absolute atomic E-state index is 12.8. The Hall–Kier alpha value is -2.24. The SMILES string of the molecule is CC1(C)C(c2ccccc2)=[N+]([O-])[C@H](c2cccnc2)N1O. The standard InChI is InChI=1S/C16H17N3O2/c1-16(2)14(12-7-4-3-5-8-12)18(20)15(19(16)21)13-9-6-10-17-11-13/h3-11,15,21H,1-2H3/t15-/m0/s1. The topological polar surface area (TPSA) is 62.4 Å². The van der Waals surface area contributed by atoms with E-state index in [1.165, 1.54) is 0 Å². The minimum absolute atomic E-state index is 0.541. The molecule has 21 heavy (non-hydrogen) atoms. The van der Waals surface area contributed by atoms with Crippen molar-refractivity contribution in [2.75, 3.05) is 0 Å². The Bertz CT molecular complexity index is 668. The van der Waals surface area contributed by atoms with Gasteiger partial charge in [0.1, 0.15) is 5.54 Å². The molecule has 2 aromatic rings. The summed E-state index contributed by atoms with van der Waals surface area (Å²) < 4.78 is 0.867. The zero-order valence-electron chi connectivity index (χ0n) is 12.0. The predicted octanol–water partition coefficient (Wildman–Crippen LogP) is 2.56. The van der Waals surface area contributed by atoms with E-state index >= 15 is 0 Å². The van der Waals surface area contributed by atoms with Gasteiger partial charge in [0.2, 0.25) is 5.71 Å². The van der Waals surface area contributed by atoms with E-state index in [4.69, 9.17) is 0 Å². The molecule has 1 atom stereocenters. The fraction of sp³-hybridized carbons (Fsp3) is 0.250. The number of pyridine rings is 1. The molecule has 0 spiro atoms. The third-order valence-electron chi connectivity index (χ3n) is 3.86. The lowest BCUT2D eigenvalue weighted by Crippen LogP contribution is -2.44. The van der Waals surface area contributed by atoms with Crippen molar-refractivity contribution in [2.45, 2.75) is 25.6 Å². The summed E-state index contributed by atoms with van der Waals surface area (Å²) >= 11 is 0. The molecule has 0 unspecified atom stereocenters. The number of nitrogens with zero attached hydrogens (tertiary/aromatic N) is 3. The molecule has 1 aliphatic rings. The molecule has 0 saturated carbocycles. The molecular formula is C16H17N3O2. The van der Waals surface area contributed by atoms with Gasteiger partial charge in [0, 0.05) is 18.0 Å². The smallest absolute Gasteiger partial charge is 0.269 e. The zero-order chi connectivity index (χ0) is 15.0. The fourth-order valence-electron chi connectivity index (χ4n) is 2.79. The number of rotatable bonds is 2. The van der Waals surface area contributed by atoms with Crippen LogP contribution in [0.15, 0.2) is 54.9 Å². The molecule has 1 aromatic heterocycles. The van der Waals surface area contributed by atoms with Gasteiger partial charge < -0.3 is 10.4 Å². The Labute approximate surface area is 123 Å². The van der Waals surface area contributed by atoms with E-state index in [0.717, 1.165) is 15.4 Å². The molecule has 5 heteroatoms. The first-order chi connectivity index (χ1) is 10.0. The average molecular weight is 283 g/mol. The first-order valence-electron chi connectivity index (χ1n) is 6.81. The maximum atomic E-state index is 12.8. The van der Waals surface area contributed by atoms with E-state index in [1.807, 2.05) is 44.2 Å². The van der Waals surface area contributed by atoms with Crippen LogP contribution in [0.4, 0.5) is 0 Å². The summed E-state index contributed by atoms with van der Waals surface area (Å²) in [6.07, 6.45) is 2.45. The number of benzene rings is 1. The third-order valence-corrected chi connectivity index (χ3v) is 3.86. The first kappa shape index (κ1) is 13.7. The van der Waals surface area contributed by atoms with Crippen molar-refractivity contribution >= 4 is 5.71 Å². The molecule has 0 amide bonds. The first-order valence-corrected chi connectivity index (χ1v) is 6.81. The van der Waals surface area contributed by atoms with Crippen molar-refractivity contribution in [1.82, 2.24) is 10.0 Å². The summed E-state index contributed by atoms with van der Waals surface area (Å²) in [7, 11) is 0. The Morgan fingerprint density at radius 3 is 2.52 bits per heavy atom. The largest absolute Gasteiger partial charge is 0.622 e. The minimum atomic E-state index is -0.788. The quantitative estimate of drug-likeness (QED) is 0.679. The van der Waals surface area contributed by atoms with Gasteiger partial charge in [-0.1, -0.05) is 18.2 Å². The van der Waals surface area contributed by atoms with Crippen LogP contribution in [0.3, 0.4) is 0 Å². The van der Waals surface area contributed by atoms with Crippen LogP contribution in [-0.2, 0) is 0 Å². The van der Waals surface area contributed by atoms with E-state index in [1.54, 1.807) is 24.5 Å². The number of hydrogen-bond donors (Lipinski definition) is 1. The highest BCUT2D eigenvalue weighted by Crippen LogP contribution is 2.36. The second kappa shape index (κ2) is 4.95. The second-order valence-corrected chi connectivity index (χ2v) is 5.60. The molecular weight excluding hydrogens is 266 g/mol. The second-order valence-electron chi connectivity index (χ2n) is 5.60. The van der Waals surface area contributed by atoms with Crippen LogP contribution in [-0.4, -0.2) is 31.2 Å². The molecule has 3 rings (SSSR count). The molecule has 1 N–H and O–H groups in total. The summed E-state index contributed by atoms with van der Waals surface area (Å²) in [5.41, 5.74) is 1.22. The molecule has 0 radical (unpaired) electrons. The van der Waals surface area contributed by atoms with Gasteiger partial charge in [-0.05, 0) is 38.1 Å². The number of aromatic nitrogens is 1. The van der Waals surface area contributed by atoms with Gasteiger partial charge in [-0.2, -0.15) is 4.74 Å². The Morgan fingerprint density at radius 1 is 1.19 bits per heavy atom. The lowest BCUT2D eigenvalue weighted by Gasteiger charge is -2.25. The Kier molecular flexibility index (Phi) is 3.23. The summed E-state index contributed by atoms with van der Waals surface area (Å²) in [5.74, 6) is 0. The molecule has 0 fully saturated rings. The van der Waals surface area contributed by atoms with Gasteiger partial charge in [-0.15, -0.1) is 5.06 Å². The molecule has 0 saturated heterocycles. The lowest BCUT2D eigenvalue weighted by molar-refractivity contribution is -0.544. The van der Waals surface area contributed by atoms with Gasteiger partial charge in [-0.3, -0.25) is 4.98 Å². The normalized spacial score (nSPS) is 21.8. The third kappa shape index (κ3) is 2.11. The van der Waals surface area contributed by atoms with Crippen molar-refractivity contribution in [1.29, 1.82) is 0 Å².